The van der Waals surface area contributed by atoms with Crippen LogP contribution in [0.2, 0.25) is 0 Å². The van der Waals surface area contributed by atoms with E-state index in [1.54, 1.807) is 12.1 Å². The zero-order chi connectivity index (χ0) is 17.0. The molecule has 0 bridgehead atoms. The highest BCUT2D eigenvalue weighted by Crippen LogP contribution is 2.23. The van der Waals surface area contributed by atoms with Crippen LogP contribution in [0.15, 0.2) is 24.3 Å². The summed E-state index contributed by atoms with van der Waals surface area (Å²) in [4.78, 5) is 47.0. The van der Waals surface area contributed by atoms with Crippen molar-refractivity contribution in [2.24, 2.45) is 11.7 Å². The Morgan fingerprint density at radius 2 is 1.91 bits per heavy atom. The van der Waals surface area contributed by atoms with E-state index in [4.69, 9.17) is 5.73 Å². The van der Waals surface area contributed by atoms with Gasteiger partial charge in [0.25, 0.3) is 0 Å². The Hall–Kier alpha value is -2.77. The van der Waals surface area contributed by atoms with E-state index in [0.29, 0.717) is 6.42 Å². The van der Waals surface area contributed by atoms with Gasteiger partial charge in [0.15, 0.2) is 0 Å². The molecule has 1 saturated heterocycles. The molecular weight excluding hydrogens is 305 g/mol. The van der Waals surface area contributed by atoms with Gasteiger partial charge in [0, 0.05) is 19.4 Å². The van der Waals surface area contributed by atoms with Crippen molar-refractivity contribution in [1.29, 1.82) is 0 Å². The second kappa shape index (κ2) is 6.99. The smallest absolute Gasteiger partial charge is 0.318 e. The summed E-state index contributed by atoms with van der Waals surface area (Å²) in [5.41, 5.74) is 5.56. The standard InChI is InChI=1S/C15H16FN3O4/c16-11-3-1-9(2-4-11)7-10-8-13(21)19(14(10)22)6-5-12(20)18-15(17)23/h1-4,10H,5-8H2,(H3,17,18,20,23)/t10-/m1/s1. The van der Waals surface area contributed by atoms with Gasteiger partial charge < -0.3 is 5.73 Å². The number of carbonyl (C=O) groups is 4. The summed E-state index contributed by atoms with van der Waals surface area (Å²) in [5, 5.41) is 1.87. The highest BCUT2D eigenvalue weighted by molar-refractivity contribution is 6.04. The lowest BCUT2D eigenvalue weighted by Gasteiger charge is -2.14. The van der Waals surface area contributed by atoms with Crippen LogP contribution >= 0.6 is 0 Å². The fourth-order valence-corrected chi connectivity index (χ4v) is 2.46. The first-order valence-corrected chi connectivity index (χ1v) is 7.04. The number of benzene rings is 1. The van der Waals surface area contributed by atoms with Gasteiger partial charge in [0.1, 0.15) is 5.82 Å². The Morgan fingerprint density at radius 3 is 2.52 bits per heavy atom. The number of hydrogen-bond donors (Lipinski definition) is 2. The predicted molar refractivity (Wildman–Crippen MR) is 77.3 cm³/mol. The third kappa shape index (κ3) is 4.35. The van der Waals surface area contributed by atoms with Gasteiger partial charge in [-0.25, -0.2) is 9.18 Å². The SMILES string of the molecule is NC(=O)NC(=O)CCN1C(=O)C[C@@H](Cc2ccc(F)cc2)C1=O. The molecule has 0 aliphatic carbocycles. The minimum absolute atomic E-state index is 0.0493. The number of rotatable bonds is 5. The number of carbonyl (C=O) groups excluding carboxylic acids is 4. The summed E-state index contributed by atoms with van der Waals surface area (Å²) in [6.45, 7) is -0.100. The maximum atomic E-state index is 12.9. The van der Waals surface area contributed by atoms with E-state index in [1.807, 2.05) is 5.32 Å². The van der Waals surface area contributed by atoms with Crippen LogP contribution in [-0.2, 0) is 20.8 Å². The number of nitrogens with zero attached hydrogens (tertiary/aromatic N) is 1. The molecule has 1 heterocycles. The zero-order valence-electron chi connectivity index (χ0n) is 12.3. The topological polar surface area (TPSA) is 110 Å². The molecule has 1 aromatic carbocycles. The fourth-order valence-electron chi connectivity index (χ4n) is 2.46. The fraction of sp³-hybridized carbons (Fsp3) is 0.333. The lowest BCUT2D eigenvalue weighted by molar-refractivity contribution is -0.139. The van der Waals surface area contributed by atoms with Crippen molar-refractivity contribution >= 4 is 23.8 Å². The molecule has 0 aromatic heterocycles. The molecule has 0 saturated carbocycles. The average Bonchev–Trinajstić information content (AvgIpc) is 2.73. The molecule has 8 heteroatoms. The molecule has 1 aliphatic rings. The van der Waals surface area contributed by atoms with Gasteiger partial charge in [-0.3, -0.25) is 24.6 Å². The van der Waals surface area contributed by atoms with Crippen LogP contribution in [0.1, 0.15) is 18.4 Å². The van der Waals surface area contributed by atoms with Crippen molar-refractivity contribution in [3.63, 3.8) is 0 Å². The molecule has 0 radical (unpaired) electrons. The van der Waals surface area contributed by atoms with Crippen molar-refractivity contribution in [2.45, 2.75) is 19.3 Å². The summed E-state index contributed by atoms with van der Waals surface area (Å²) in [6, 6.07) is 4.74. The van der Waals surface area contributed by atoms with Gasteiger partial charge in [-0.1, -0.05) is 12.1 Å². The van der Waals surface area contributed by atoms with Crippen LogP contribution in [0.3, 0.4) is 0 Å². The van der Waals surface area contributed by atoms with E-state index in [1.165, 1.54) is 12.1 Å². The van der Waals surface area contributed by atoms with Crippen molar-refractivity contribution in [1.82, 2.24) is 10.2 Å². The molecule has 1 aromatic rings. The number of hydrogen-bond acceptors (Lipinski definition) is 4. The average molecular weight is 321 g/mol. The van der Waals surface area contributed by atoms with Crippen LogP contribution in [0.5, 0.6) is 0 Å². The summed E-state index contributed by atoms with van der Waals surface area (Å²) in [5.74, 6) is -2.28. The van der Waals surface area contributed by atoms with Gasteiger partial charge >= 0.3 is 6.03 Å². The highest BCUT2D eigenvalue weighted by Gasteiger charge is 2.38. The van der Waals surface area contributed by atoms with E-state index in [9.17, 15) is 23.6 Å². The van der Waals surface area contributed by atoms with E-state index < -0.39 is 17.9 Å². The van der Waals surface area contributed by atoms with Crippen LogP contribution in [0.4, 0.5) is 9.18 Å². The molecule has 1 fully saturated rings. The maximum Gasteiger partial charge on any atom is 0.318 e. The summed E-state index contributed by atoms with van der Waals surface area (Å²) < 4.78 is 12.9. The Morgan fingerprint density at radius 1 is 1.26 bits per heavy atom. The number of likely N-dealkylation sites (tertiary alicyclic amines) is 1. The predicted octanol–water partition coefficient (Wildman–Crippen LogP) is 0.328. The third-order valence-corrected chi connectivity index (χ3v) is 3.56. The van der Waals surface area contributed by atoms with Gasteiger partial charge in [-0.15, -0.1) is 0 Å². The highest BCUT2D eigenvalue weighted by atomic mass is 19.1. The lowest BCUT2D eigenvalue weighted by Crippen LogP contribution is -2.39. The largest absolute Gasteiger partial charge is 0.351 e. The third-order valence-electron chi connectivity index (χ3n) is 3.56. The number of amides is 5. The summed E-state index contributed by atoms with van der Waals surface area (Å²) in [6.07, 6.45) is 0.187. The van der Waals surface area contributed by atoms with E-state index in [2.05, 4.69) is 0 Å². The minimum Gasteiger partial charge on any atom is -0.351 e. The zero-order valence-corrected chi connectivity index (χ0v) is 12.3. The summed E-state index contributed by atoms with van der Waals surface area (Å²) in [7, 11) is 0. The van der Waals surface area contributed by atoms with Crippen LogP contribution in [-0.4, -0.2) is 35.2 Å². The Balaban J connectivity index is 1.92. The number of urea groups is 1. The van der Waals surface area contributed by atoms with Crippen LogP contribution in [0.25, 0.3) is 0 Å². The monoisotopic (exact) mass is 321 g/mol. The summed E-state index contributed by atoms with van der Waals surface area (Å²) >= 11 is 0. The number of nitrogens with one attached hydrogen (secondary N) is 1. The van der Waals surface area contributed by atoms with Crippen molar-refractivity contribution < 1.29 is 23.6 Å². The molecule has 5 amide bonds. The number of nitrogens with two attached hydrogens (primary N) is 1. The first kappa shape index (κ1) is 16.6. The first-order valence-electron chi connectivity index (χ1n) is 7.04. The molecule has 7 nitrogen and oxygen atoms in total. The lowest BCUT2D eigenvalue weighted by atomic mass is 9.98. The Kier molecular flexibility index (Phi) is 5.05. The van der Waals surface area contributed by atoms with Gasteiger partial charge in [0.05, 0.1) is 5.92 Å². The molecule has 122 valence electrons. The molecule has 1 atom stereocenters. The van der Waals surface area contributed by atoms with Crippen molar-refractivity contribution in [3.8, 4) is 0 Å². The quantitative estimate of drug-likeness (QED) is 0.761. The van der Waals surface area contributed by atoms with Crippen LogP contribution < -0.4 is 11.1 Å². The minimum atomic E-state index is -0.983. The van der Waals surface area contributed by atoms with E-state index >= 15 is 0 Å². The van der Waals surface area contributed by atoms with E-state index in [-0.39, 0.29) is 37.0 Å². The molecule has 1 aliphatic heterocycles. The van der Waals surface area contributed by atoms with Gasteiger partial charge in [0.2, 0.25) is 17.7 Å². The molecular formula is C15H16FN3O4. The molecule has 23 heavy (non-hydrogen) atoms. The van der Waals surface area contributed by atoms with Crippen LogP contribution in [0, 0.1) is 11.7 Å². The first-order chi connectivity index (χ1) is 10.9. The van der Waals surface area contributed by atoms with Gasteiger partial charge in [-0.05, 0) is 24.1 Å². The molecule has 2 rings (SSSR count). The van der Waals surface area contributed by atoms with Crippen molar-refractivity contribution in [3.05, 3.63) is 35.6 Å². The molecule has 0 unspecified atom stereocenters. The second-order valence-corrected chi connectivity index (χ2v) is 5.28. The van der Waals surface area contributed by atoms with Gasteiger partial charge in [-0.2, -0.15) is 0 Å². The second-order valence-electron chi connectivity index (χ2n) is 5.28. The molecule has 3 N–H and O–H groups in total. The van der Waals surface area contributed by atoms with E-state index in [0.717, 1.165) is 10.5 Å². The Labute approximate surface area is 131 Å². The number of halogens is 1. The number of primary amides is 1. The maximum absolute atomic E-state index is 12.9. The normalized spacial score (nSPS) is 17.4. The molecule has 0 spiro atoms. The van der Waals surface area contributed by atoms with Crippen molar-refractivity contribution in [2.75, 3.05) is 6.54 Å². The Bertz CT molecular complexity index is 645. The number of imide groups is 2.